The maximum Gasteiger partial charge on any atom is 0.255 e. The molecular formula is C28H28Cl2F2N3O2+. The quantitative estimate of drug-likeness (QED) is 0.212. The fraction of sp³-hybridized carbons (Fsp3) is 0.357. The average Bonchev–Trinajstić information content (AvgIpc) is 2.88. The number of hydrogen-bond donors (Lipinski definition) is 0. The maximum atomic E-state index is 14.9. The Balaban J connectivity index is 1.49. The molecule has 194 valence electrons. The highest BCUT2D eigenvalue weighted by molar-refractivity contribution is 6.37. The summed E-state index contributed by atoms with van der Waals surface area (Å²) in [6.45, 7) is 4.51. The van der Waals surface area contributed by atoms with Crippen molar-refractivity contribution >= 4 is 28.9 Å². The largest absolute Gasteiger partial charge is 0.391 e. The number of para-hydroxylation sites is 1. The Kier molecular flexibility index (Phi) is 7.65. The first-order valence-corrected chi connectivity index (χ1v) is 13.3. The van der Waals surface area contributed by atoms with Crippen LogP contribution in [0.5, 0.6) is 0 Å². The Bertz CT molecular complexity index is 1360. The standard InChI is InChI=1S/C28H28Cl2F2N3O2/c29-23-5-4-6-24(30)28(23)34-18-19(7-10-26(34)36)27(22-9-8-20(31)17-25(22)32)33-37-21-11-15-35(16-12-21)13-2-1-3-14-35/h4-10,17-18,21H,1-3,11-16H2/q+1. The first-order chi connectivity index (χ1) is 17.8. The fourth-order valence-electron chi connectivity index (χ4n) is 5.41. The number of piperidine rings is 2. The average molecular weight is 547 g/mol. The minimum Gasteiger partial charge on any atom is -0.391 e. The number of oxime groups is 1. The first kappa shape index (κ1) is 25.9. The lowest BCUT2D eigenvalue weighted by Gasteiger charge is -2.45. The van der Waals surface area contributed by atoms with E-state index in [1.54, 1.807) is 18.2 Å². The van der Waals surface area contributed by atoms with Crippen LogP contribution in [0.2, 0.25) is 10.0 Å². The van der Waals surface area contributed by atoms with Gasteiger partial charge in [-0.05, 0) is 49.6 Å². The van der Waals surface area contributed by atoms with E-state index in [9.17, 15) is 13.6 Å². The van der Waals surface area contributed by atoms with E-state index in [0.29, 0.717) is 11.3 Å². The minimum atomic E-state index is -0.780. The van der Waals surface area contributed by atoms with E-state index in [4.69, 9.17) is 28.0 Å². The van der Waals surface area contributed by atoms with Crippen molar-refractivity contribution in [1.29, 1.82) is 0 Å². The molecule has 2 aliphatic heterocycles. The second kappa shape index (κ2) is 10.9. The van der Waals surface area contributed by atoms with Gasteiger partial charge in [0.05, 0.1) is 41.9 Å². The van der Waals surface area contributed by atoms with Crippen molar-refractivity contribution in [2.75, 3.05) is 26.2 Å². The zero-order valence-corrected chi connectivity index (χ0v) is 21.8. The molecule has 37 heavy (non-hydrogen) atoms. The smallest absolute Gasteiger partial charge is 0.255 e. The lowest BCUT2D eigenvalue weighted by molar-refractivity contribution is -0.937. The van der Waals surface area contributed by atoms with Gasteiger partial charge in [-0.3, -0.25) is 9.36 Å². The Morgan fingerprint density at radius 1 is 0.946 bits per heavy atom. The second-order valence-electron chi connectivity index (χ2n) is 9.86. The van der Waals surface area contributed by atoms with Crippen molar-refractivity contribution in [3.63, 3.8) is 0 Å². The van der Waals surface area contributed by atoms with Crippen LogP contribution in [0.25, 0.3) is 5.69 Å². The number of benzene rings is 2. The number of pyridine rings is 1. The second-order valence-corrected chi connectivity index (χ2v) is 10.7. The van der Waals surface area contributed by atoms with Crippen molar-refractivity contribution < 1.29 is 18.1 Å². The van der Waals surface area contributed by atoms with Crippen molar-refractivity contribution in [1.82, 2.24) is 4.57 Å². The molecule has 2 aromatic carbocycles. The highest BCUT2D eigenvalue weighted by atomic mass is 35.5. The minimum absolute atomic E-state index is 0.0622. The van der Waals surface area contributed by atoms with Gasteiger partial charge in [0.15, 0.2) is 0 Å². The van der Waals surface area contributed by atoms with Crippen LogP contribution in [0, 0.1) is 11.6 Å². The van der Waals surface area contributed by atoms with Gasteiger partial charge in [-0.25, -0.2) is 8.78 Å². The monoisotopic (exact) mass is 546 g/mol. The van der Waals surface area contributed by atoms with Crippen LogP contribution in [0.3, 0.4) is 0 Å². The lowest BCUT2D eigenvalue weighted by atomic mass is 9.99. The summed E-state index contributed by atoms with van der Waals surface area (Å²) in [5.41, 5.74) is 0.548. The summed E-state index contributed by atoms with van der Waals surface area (Å²) >= 11 is 12.7. The molecule has 1 spiro atoms. The summed E-state index contributed by atoms with van der Waals surface area (Å²) in [5, 5.41) is 4.95. The van der Waals surface area contributed by atoms with E-state index < -0.39 is 11.6 Å². The number of nitrogens with zero attached hydrogens (tertiary/aromatic N) is 3. The van der Waals surface area contributed by atoms with E-state index in [1.165, 1.54) is 67.4 Å². The van der Waals surface area contributed by atoms with Gasteiger partial charge >= 0.3 is 0 Å². The molecule has 2 saturated heterocycles. The third-order valence-corrected chi connectivity index (χ3v) is 8.07. The van der Waals surface area contributed by atoms with Crippen LogP contribution >= 0.6 is 23.2 Å². The summed E-state index contributed by atoms with van der Waals surface area (Å²) in [6, 6.07) is 11.1. The predicted octanol–water partition coefficient (Wildman–Crippen LogP) is 6.35. The van der Waals surface area contributed by atoms with E-state index in [0.717, 1.165) is 36.5 Å². The molecule has 5 rings (SSSR count). The molecule has 0 saturated carbocycles. The van der Waals surface area contributed by atoms with Gasteiger partial charge in [-0.15, -0.1) is 0 Å². The highest BCUT2D eigenvalue weighted by Crippen LogP contribution is 2.29. The Labute approximate surface area is 224 Å². The Morgan fingerprint density at radius 3 is 2.32 bits per heavy atom. The number of quaternary nitrogens is 1. The lowest BCUT2D eigenvalue weighted by Crippen LogP contribution is -2.56. The Morgan fingerprint density at radius 2 is 1.65 bits per heavy atom. The van der Waals surface area contributed by atoms with Crippen LogP contribution in [0.1, 0.15) is 43.2 Å². The van der Waals surface area contributed by atoms with Gasteiger partial charge in [-0.1, -0.05) is 34.4 Å². The Hall–Kier alpha value is -2.74. The molecule has 0 unspecified atom stereocenters. The van der Waals surface area contributed by atoms with E-state index in [2.05, 4.69) is 5.16 Å². The summed E-state index contributed by atoms with van der Waals surface area (Å²) < 4.78 is 31.1. The maximum absolute atomic E-state index is 14.9. The molecule has 3 aromatic rings. The summed E-state index contributed by atoms with van der Waals surface area (Å²) in [7, 11) is 0. The molecule has 1 aromatic heterocycles. The van der Waals surface area contributed by atoms with Crippen LogP contribution < -0.4 is 5.56 Å². The van der Waals surface area contributed by atoms with Gasteiger partial charge in [0, 0.05) is 42.3 Å². The summed E-state index contributed by atoms with van der Waals surface area (Å²) in [6.07, 6.45) is 6.95. The number of rotatable bonds is 5. The predicted molar refractivity (Wildman–Crippen MR) is 142 cm³/mol. The van der Waals surface area contributed by atoms with E-state index >= 15 is 0 Å². The van der Waals surface area contributed by atoms with E-state index in [-0.39, 0.29) is 33.0 Å². The zero-order valence-electron chi connectivity index (χ0n) is 20.3. The number of hydrogen-bond acceptors (Lipinski definition) is 3. The van der Waals surface area contributed by atoms with Crippen molar-refractivity contribution in [3.8, 4) is 5.69 Å². The van der Waals surface area contributed by atoms with Gasteiger partial charge in [0.1, 0.15) is 23.5 Å². The zero-order chi connectivity index (χ0) is 26.0. The van der Waals surface area contributed by atoms with Crippen LogP contribution in [-0.4, -0.2) is 47.0 Å². The van der Waals surface area contributed by atoms with Gasteiger partial charge < -0.3 is 9.32 Å². The molecule has 2 fully saturated rings. The molecule has 2 aliphatic rings. The molecule has 5 nitrogen and oxygen atoms in total. The molecule has 9 heteroatoms. The topological polar surface area (TPSA) is 43.6 Å². The van der Waals surface area contributed by atoms with Crippen LogP contribution in [-0.2, 0) is 4.84 Å². The molecule has 0 N–H and O–H groups in total. The normalized spacial score (nSPS) is 18.2. The molecule has 0 atom stereocenters. The third-order valence-electron chi connectivity index (χ3n) is 7.46. The SMILES string of the molecule is O=c1ccc(C(=NOC2CC[N+]3(CCCCC3)CC2)c2ccc(F)cc2F)cn1-c1c(Cl)cccc1Cl. The number of aromatic nitrogens is 1. The third kappa shape index (κ3) is 5.59. The summed E-state index contributed by atoms with van der Waals surface area (Å²) in [4.78, 5) is 18.7. The molecule has 0 bridgehead atoms. The first-order valence-electron chi connectivity index (χ1n) is 12.6. The fourth-order valence-corrected chi connectivity index (χ4v) is 5.99. The van der Waals surface area contributed by atoms with Crippen molar-refractivity contribution in [2.45, 2.75) is 38.2 Å². The molecule has 3 heterocycles. The molecule has 0 radical (unpaired) electrons. The van der Waals surface area contributed by atoms with Crippen molar-refractivity contribution in [3.05, 3.63) is 97.9 Å². The number of halogens is 4. The molecule has 0 amide bonds. The van der Waals surface area contributed by atoms with Crippen LogP contribution in [0.15, 0.2) is 64.7 Å². The van der Waals surface area contributed by atoms with Gasteiger partial charge in [0.25, 0.3) is 5.56 Å². The van der Waals surface area contributed by atoms with Crippen molar-refractivity contribution in [2.24, 2.45) is 5.16 Å². The van der Waals surface area contributed by atoms with E-state index in [1.807, 2.05) is 0 Å². The van der Waals surface area contributed by atoms with Gasteiger partial charge in [-0.2, -0.15) is 0 Å². The molecular weight excluding hydrogens is 519 g/mol. The molecule has 0 aliphatic carbocycles. The highest BCUT2D eigenvalue weighted by Gasteiger charge is 2.36. The van der Waals surface area contributed by atoms with Gasteiger partial charge in [0.2, 0.25) is 0 Å². The summed E-state index contributed by atoms with van der Waals surface area (Å²) in [5.74, 6) is -1.48. The van der Waals surface area contributed by atoms with Crippen LogP contribution in [0.4, 0.5) is 8.78 Å².